The zero-order valence-electron chi connectivity index (χ0n) is 11.6. The molecular formula is C12H22N2O3S2. The summed E-state index contributed by atoms with van der Waals surface area (Å²) in [6, 6.07) is 3.08. The van der Waals surface area contributed by atoms with Gasteiger partial charge in [-0.3, -0.25) is 0 Å². The lowest BCUT2D eigenvalue weighted by Crippen LogP contribution is -2.32. The van der Waals surface area contributed by atoms with E-state index in [1.807, 2.05) is 20.1 Å². The van der Waals surface area contributed by atoms with Crippen LogP contribution in [0.4, 0.5) is 0 Å². The van der Waals surface area contributed by atoms with E-state index in [0.29, 0.717) is 12.3 Å². The van der Waals surface area contributed by atoms with E-state index in [4.69, 9.17) is 4.42 Å². The summed E-state index contributed by atoms with van der Waals surface area (Å²) >= 11 is 1.70. The monoisotopic (exact) mass is 306 g/mol. The van der Waals surface area contributed by atoms with Crippen LogP contribution < -0.4 is 10.0 Å². The molecule has 0 saturated heterocycles. The highest BCUT2D eigenvalue weighted by Gasteiger charge is 2.20. The fraction of sp³-hybridized carbons (Fsp3) is 0.667. The van der Waals surface area contributed by atoms with Crippen molar-refractivity contribution < 1.29 is 12.8 Å². The standard InChI is InChI=1S/C12H22N2O3S2/c1-4-13-9-11-5-6-12(17-11)19(15,16)14-10(2)7-8-18-3/h5-6,10,13-14H,4,7-9H2,1-3H3. The minimum Gasteiger partial charge on any atom is -0.447 e. The minimum absolute atomic E-state index is 0.0172. The molecule has 5 nitrogen and oxygen atoms in total. The van der Waals surface area contributed by atoms with Gasteiger partial charge < -0.3 is 9.73 Å². The second-order valence-electron chi connectivity index (χ2n) is 4.30. The minimum atomic E-state index is -3.55. The van der Waals surface area contributed by atoms with Crippen molar-refractivity contribution in [3.8, 4) is 0 Å². The zero-order valence-corrected chi connectivity index (χ0v) is 13.2. The summed E-state index contributed by atoms with van der Waals surface area (Å²) in [5.41, 5.74) is 0. The quantitative estimate of drug-likeness (QED) is 0.728. The third-order valence-corrected chi connectivity index (χ3v) is 4.67. The smallest absolute Gasteiger partial charge is 0.274 e. The van der Waals surface area contributed by atoms with E-state index >= 15 is 0 Å². The number of hydrogen-bond donors (Lipinski definition) is 2. The third-order valence-electron chi connectivity index (χ3n) is 2.56. The molecule has 1 atom stereocenters. The van der Waals surface area contributed by atoms with Gasteiger partial charge >= 0.3 is 0 Å². The Hall–Kier alpha value is -0.500. The molecule has 0 fully saturated rings. The van der Waals surface area contributed by atoms with E-state index in [1.54, 1.807) is 17.8 Å². The number of sulfonamides is 1. The van der Waals surface area contributed by atoms with Crippen LogP contribution in [0, 0.1) is 0 Å². The van der Waals surface area contributed by atoms with E-state index in [9.17, 15) is 8.42 Å². The Morgan fingerprint density at radius 3 is 2.79 bits per heavy atom. The largest absolute Gasteiger partial charge is 0.447 e. The SMILES string of the molecule is CCNCc1ccc(S(=O)(=O)NC(C)CCSC)o1. The summed E-state index contributed by atoms with van der Waals surface area (Å²) < 4.78 is 32.1. The number of rotatable bonds is 9. The number of furan rings is 1. The summed E-state index contributed by atoms with van der Waals surface area (Å²) in [4.78, 5) is 0. The van der Waals surface area contributed by atoms with Gasteiger partial charge in [-0.1, -0.05) is 6.92 Å². The van der Waals surface area contributed by atoms with E-state index in [1.165, 1.54) is 6.07 Å². The van der Waals surface area contributed by atoms with Crippen LogP contribution in [-0.2, 0) is 16.6 Å². The molecule has 1 aromatic rings. The van der Waals surface area contributed by atoms with Crippen molar-refractivity contribution in [1.29, 1.82) is 0 Å². The van der Waals surface area contributed by atoms with E-state index in [2.05, 4.69) is 10.0 Å². The van der Waals surface area contributed by atoms with Gasteiger partial charge in [-0.05, 0) is 44.0 Å². The molecule has 0 aliphatic rings. The van der Waals surface area contributed by atoms with Crippen LogP contribution in [0.1, 0.15) is 26.0 Å². The second-order valence-corrected chi connectivity index (χ2v) is 6.94. The lowest BCUT2D eigenvalue weighted by Gasteiger charge is -2.11. The van der Waals surface area contributed by atoms with Crippen LogP contribution in [0.15, 0.2) is 21.6 Å². The van der Waals surface area contributed by atoms with Crippen molar-refractivity contribution in [3.05, 3.63) is 17.9 Å². The average molecular weight is 306 g/mol. The molecule has 110 valence electrons. The lowest BCUT2D eigenvalue weighted by molar-refractivity contribution is 0.399. The fourth-order valence-electron chi connectivity index (χ4n) is 1.52. The highest BCUT2D eigenvalue weighted by molar-refractivity contribution is 7.98. The Labute approximate surface area is 119 Å². The van der Waals surface area contributed by atoms with Crippen molar-refractivity contribution in [2.24, 2.45) is 0 Å². The molecule has 0 aliphatic heterocycles. The summed E-state index contributed by atoms with van der Waals surface area (Å²) in [6.07, 6.45) is 2.80. The van der Waals surface area contributed by atoms with Crippen LogP contribution >= 0.6 is 11.8 Å². The Bertz CT molecular complexity index is 471. The Kier molecular flexibility index (Phi) is 6.92. The molecule has 1 aromatic heterocycles. The van der Waals surface area contributed by atoms with Gasteiger partial charge in [-0.25, -0.2) is 13.1 Å². The maximum atomic E-state index is 12.1. The van der Waals surface area contributed by atoms with Gasteiger partial charge in [0.2, 0.25) is 5.09 Å². The summed E-state index contributed by atoms with van der Waals surface area (Å²) in [7, 11) is -3.55. The molecule has 7 heteroatoms. The maximum absolute atomic E-state index is 12.1. The molecular weight excluding hydrogens is 284 g/mol. The molecule has 0 amide bonds. The lowest BCUT2D eigenvalue weighted by atomic mass is 10.3. The van der Waals surface area contributed by atoms with Crippen LogP contribution in [0.25, 0.3) is 0 Å². The van der Waals surface area contributed by atoms with Gasteiger partial charge in [0.05, 0.1) is 6.54 Å². The van der Waals surface area contributed by atoms with Crippen molar-refractivity contribution in [3.63, 3.8) is 0 Å². The first-order chi connectivity index (χ1) is 8.99. The first-order valence-electron chi connectivity index (χ1n) is 6.30. The number of thioether (sulfide) groups is 1. The van der Waals surface area contributed by atoms with Crippen molar-refractivity contribution in [1.82, 2.24) is 10.0 Å². The molecule has 0 aliphatic carbocycles. The maximum Gasteiger partial charge on any atom is 0.274 e. The molecule has 0 spiro atoms. The second kappa shape index (κ2) is 7.94. The van der Waals surface area contributed by atoms with Crippen LogP contribution in [0.3, 0.4) is 0 Å². The van der Waals surface area contributed by atoms with E-state index in [-0.39, 0.29) is 11.1 Å². The van der Waals surface area contributed by atoms with Crippen LogP contribution in [-0.4, -0.2) is 33.0 Å². The fourth-order valence-corrected chi connectivity index (χ4v) is 3.34. The van der Waals surface area contributed by atoms with Crippen LogP contribution in [0.5, 0.6) is 0 Å². The first kappa shape index (κ1) is 16.6. The third kappa shape index (κ3) is 5.56. The predicted octanol–water partition coefficient (Wildman–Crippen LogP) is 1.81. The van der Waals surface area contributed by atoms with E-state index < -0.39 is 10.0 Å². The van der Waals surface area contributed by atoms with Gasteiger partial charge in [-0.2, -0.15) is 11.8 Å². The zero-order chi connectivity index (χ0) is 14.3. The normalized spacial score (nSPS) is 13.6. The average Bonchev–Trinajstić information content (AvgIpc) is 2.83. The van der Waals surface area contributed by atoms with Gasteiger partial charge in [0.25, 0.3) is 10.0 Å². The molecule has 2 N–H and O–H groups in total. The molecule has 0 aromatic carbocycles. The molecule has 0 saturated carbocycles. The molecule has 19 heavy (non-hydrogen) atoms. The van der Waals surface area contributed by atoms with Gasteiger partial charge in [0.15, 0.2) is 0 Å². The van der Waals surface area contributed by atoms with Gasteiger partial charge in [-0.15, -0.1) is 0 Å². The van der Waals surface area contributed by atoms with Crippen molar-refractivity contribution in [2.75, 3.05) is 18.6 Å². The Morgan fingerprint density at radius 2 is 2.16 bits per heavy atom. The molecule has 1 unspecified atom stereocenters. The summed E-state index contributed by atoms with van der Waals surface area (Å²) in [5, 5.41) is 3.07. The Morgan fingerprint density at radius 1 is 1.42 bits per heavy atom. The van der Waals surface area contributed by atoms with Crippen LogP contribution in [0.2, 0.25) is 0 Å². The molecule has 1 heterocycles. The number of nitrogens with one attached hydrogen (secondary N) is 2. The topological polar surface area (TPSA) is 71.3 Å². The van der Waals surface area contributed by atoms with Crippen molar-refractivity contribution >= 4 is 21.8 Å². The van der Waals surface area contributed by atoms with Gasteiger partial charge in [0, 0.05) is 6.04 Å². The molecule has 0 radical (unpaired) electrons. The summed E-state index contributed by atoms with van der Waals surface area (Å²) in [6.45, 7) is 5.19. The van der Waals surface area contributed by atoms with Crippen molar-refractivity contribution in [2.45, 2.75) is 37.9 Å². The predicted molar refractivity (Wildman–Crippen MR) is 78.9 cm³/mol. The van der Waals surface area contributed by atoms with Gasteiger partial charge in [0.1, 0.15) is 5.76 Å². The molecule has 0 bridgehead atoms. The summed E-state index contributed by atoms with van der Waals surface area (Å²) in [5.74, 6) is 1.55. The highest BCUT2D eigenvalue weighted by atomic mass is 32.2. The number of hydrogen-bond acceptors (Lipinski definition) is 5. The molecule has 1 rings (SSSR count). The Balaban J connectivity index is 2.63. The first-order valence-corrected chi connectivity index (χ1v) is 9.18. The highest BCUT2D eigenvalue weighted by Crippen LogP contribution is 2.14. The van der Waals surface area contributed by atoms with E-state index in [0.717, 1.165) is 18.7 Å².